The predicted octanol–water partition coefficient (Wildman–Crippen LogP) is 2.79. The lowest BCUT2D eigenvalue weighted by Gasteiger charge is -2.38. The molecule has 138 valence electrons. The SMILES string of the molecule is COc1cc([N+](=O)[O-])cc2c1N[C@@H](c1ccc(C(=O)[O-])cc1)[C@@H]1CC=C[C@H]21. The molecule has 27 heavy (non-hydrogen) atoms. The molecule has 4 rings (SSSR count). The van der Waals surface area contributed by atoms with Gasteiger partial charge in [0.1, 0.15) is 5.75 Å². The van der Waals surface area contributed by atoms with Crippen LogP contribution < -0.4 is 15.2 Å². The van der Waals surface area contributed by atoms with Crippen LogP contribution in [0.3, 0.4) is 0 Å². The minimum Gasteiger partial charge on any atom is -0.545 e. The van der Waals surface area contributed by atoms with Gasteiger partial charge in [-0.2, -0.15) is 0 Å². The summed E-state index contributed by atoms with van der Waals surface area (Å²) in [6, 6.07) is 9.58. The van der Waals surface area contributed by atoms with Gasteiger partial charge in [0.2, 0.25) is 0 Å². The van der Waals surface area contributed by atoms with Crippen LogP contribution in [-0.4, -0.2) is 18.0 Å². The fourth-order valence-corrected chi connectivity index (χ4v) is 4.07. The number of anilines is 1. The number of nitrogens with zero attached hydrogens (tertiary/aromatic N) is 1. The van der Waals surface area contributed by atoms with E-state index in [1.807, 2.05) is 0 Å². The highest BCUT2D eigenvalue weighted by molar-refractivity contribution is 5.85. The van der Waals surface area contributed by atoms with Crippen LogP contribution in [0.2, 0.25) is 0 Å². The number of rotatable bonds is 4. The van der Waals surface area contributed by atoms with Crippen molar-refractivity contribution >= 4 is 17.3 Å². The maximum Gasteiger partial charge on any atom is 0.273 e. The summed E-state index contributed by atoms with van der Waals surface area (Å²) in [6.07, 6.45) is 4.99. The molecule has 0 spiro atoms. The van der Waals surface area contributed by atoms with Gasteiger partial charge in [0.15, 0.2) is 0 Å². The maximum absolute atomic E-state index is 11.3. The molecular formula is C20H17N2O5-. The number of carbonyl (C=O) groups excluding carboxylic acids is 1. The highest BCUT2D eigenvalue weighted by Crippen LogP contribution is 2.53. The highest BCUT2D eigenvalue weighted by atomic mass is 16.6. The van der Waals surface area contributed by atoms with Crippen LogP contribution in [0, 0.1) is 16.0 Å². The molecule has 7 heteroatoms. The zero-order chi connectivity index (χ0) is 19.1. The maximum atomic E-state index is 11.3. The third-order valence-electron chi connectivity index (χ3n) is 5.35. The van der Waals surface area contributed by atoms with E-state index in [1.165, 1.54) is 25.3 Å². The predicted molar refractivity (Wildman–Crippen MR) is 96.8 cm³/mol. The Morgan fingerprint density at radius 1 is 1.26 bits per heavy atom. The molecule has 0 saturated heterocycles. The minimum absolute atomic E-state index is 0.00297. The number of nitro groups is 1. The number of hydrogen-bond acceptors (Lipinski definition) is 6. The number of carboxylic acids is 1. The first kappa shape index (κ1) is 17.1. The molecule has 0 unspecified atom stereocenters. The van der Waals surface area contributed by atoms with E-state index in [9.17, 15) is 20.0 Å². The Morgan fingerprint density at radius 3 is 2.63 bits per heavy atom. The summed E-state index contributed by atoms with van der Waals surface area (Å²) in [4.78, 5) is 21.9. The molecular weight excluding hydrogens is 348 g/mol. The molecule has 1 heterocycles. The number of ether oxygens (including phenoxy) is 1. The number of allylic oxidation sites excluding steroid dienone is 2. The summed E-state index contributed by atoms with van der Waals surface area (Å²) in [5, 5.41) is 25.7. The normalized spacial score (nSPS) is 22.5. The number of carboxylic acid groups (broad SMARTS) is 1. The molecule has 2 aliphatic rings. The van der Waals surface area contributed by atoms with Crippen molar-refractivity contribution in [1.82, 2.24) is 0 Å². The summed E-state index contributed by atoms with van der Waals surface area (Å²) in [5.41, 5.74) is 2.67. The number of methoxy groups -OCH3 is 1. The van der Waals surface area contributed by atoms with E-state index in [4.69, 9.17) is 4.74 Å². The molecule has 0 radical (unpaired) electrons. The van der Waals surface area contributed by atoms with Gasteiger partial charge in [0.05, 0.1) is 35.8 Å². The number of fused-ring (bicyclic) bond motifs is 3. The third kappa shape index (κ3) is 2.81. The molecule has 0 amide bonds. The lowest BCUT2D eigenvalue weighted by Crippen LogP contribution is -2.29. The zero-order valence-corrected chi connectivity index (χ0v) is 14.5. The first-order valence-electron chi connectivity index (χ1n) is 8.60. The van der Waals surface area contributed by atoms with Crippen molar-refractivity contribution in [3.63, 3.8) is 0 Å². The van der Waals surface area contributed by atoms with E-state index in [0.717, 1.165) is 23.2 Å². The van der Waals surface area contributed by atoms with Crippen LogP contribution in [0.25, 0.3) is 0 Å². The second-order valence-corrected chi connectivity index (χ2v) is 6.75. The number of aromatic carboxylic acids is 1. The minimum atomic E-state index is -1.21. The number of nitro benzene ring substituents is 1. The number of hydrogen-bond donors (Lipinski definition) is 1. The van der Waals surface area contributed by atoms with E-state index in [2.05, 4.69) is 17.5 Å². The quantitative estimate of drug-likeness (QED) is 0.507. The van der Waals surface area contributed by atoms with Gasteiger partial charge in [-0.15, -0.1) is 0 Å². The van der Waals surface area contributed by atoms with Crippen molar-refractivity contribution < 1.29 is 19.6 Å². The van der Waals surface area contributed by atoms with Crippen molar-refractivity contribution in [3.05, 3.63) is 75.4 Å². The lowest BCUT2D eigenvalue weighted by molar-refractivity contribution is -0.385. The fourth-order valence-electron chi connectivity index (χ4n) is 4.07. The van der Waals surface area contributed by atoms with Gasteiger partial charge in [-0.1, -0.05) is 36.4 Å². The summed E-state index contributed by atoms with van der Waals surface area (Å²) >= 11 is 0. The average Bonchev–Trinajstić information content (AvgIpc) is 3.16. The third-order valence-corrected chi connectivity index (χ3v) is 5.35. The average molecular weight is 365 g/mol. The molecule has 1 N–H and O–H groups in total. The van der Waals surface area contributed by atoms with Crippen LogP contribution >= 0.6 is 0 Å². The van der Waals surface area contributed by atoms with E-state index >= 15 is 0 Å². The monoisotopic (exact) mass is 365 g/mol. The Balaban J connectivity index is 1.79. The van der Waals surface area contributed by atoms with Gasteiger partial charge in [-0.25, -0.2) is 0 Å². The van der Waals surface area contributed by atoms with Gasteiger partial charge < -0.3 is 20.0 Å². The molecule has 0 bridgehead atoms. The van der Waals surface area contributed by atoms with Crippen molar-refractivity contribution in [2.24, 2.45) is 5.92 Å². The largest absolute Gasteiger partial charge is 0.545 e. The van der Waals surface area contributed by atoms with Crippen LogP contribution in [0.5, 0.6) is 5.75 Å². The van der Waals surface area contributed by atoms with Crippen LogP contribution in [-0.2, 0) is 0 Å². The Bertz CT molecular complexity index is 952. The van der Waals surface area contributed by atoms with Gasteiger partial charge >= 0.3 is 0 Å². The van der Waals surface area contributed by atoms with E-state index in [-0.39, 0.29) is 29.1 Å². The van der Waals surface area contributed by atoms with Crippen molar-refractivity contribution in [2.75, 3.05) is 12.4 Å². The summed E-state index contributed by atoms with van der Waals surface area (Å²) < 4.78 is 5.41. The van der Waals surface area contributed by atoms with Crippen molar-refractivity contribution in [1.29, 1.82) is 0 Å². The number of nitrogens with one attached hydrogen (secondary N) is 1. The molecule has 0 aromatic heterocycles. The van der Waals surface area contributed by atoms with E-state index < -0.39 is 10.9 Å². The Labute approximate surface area is 155 Å². The van der Waals surface area contributed by atoms with E-state index in [0.29, 0.717) is 5.75 Å². The topological polar surface area (TPSA) is 105 Å². The van der Waals surface area contributed by atoms with Crippen molar-refractivity contribution in [3.8, 4) is 5.75 Å². The van der Waals surface area contributed by atoms with Crippen molar-refractivity contribution in [2.45, 2.75) is 18.4 Å². The molecule has 7 nitrogen and oxygen atoms in total. The van der Waals surface area contributed by atoms with Gasteiger partial charge in [0.25, 0.3) is 5.69 Å². The summed E-state index contributed by atoms with van der Waals surface area (Å²) in [6.45, 7) is 0. The number of carbonyl (C=O) groups is 1. The number of non-ortho nitro benzene ring substituents is 1. The molecule has 1 aliphatic heterocycles. The molecule has 0 fully saturated rings. The zero-order valence-electron chi connectivity index (χ0n) is 14.5. The Hall–Kier alpha value is -3.35. The second kappa shape index (κ2) is 6.42. The summed E-state index contributed by atoms with van der Waals surface area (Å²) in [7, 11) is 1.49. The molecule has 1 aliphatic carbocycles. The first-order chi connectivity index (χ1) is 13.0. The lowest BCUT2D eigenvalue weighted by atomic mass is 9.76. The van der Waals surface area contributed by atoms with Crippen LogP contribution in [0.4, 0.5) is 11.4 Å². The van der Waals surface area contributed by atoms with Gasteiger partial charge in [0, 0.05) is 12.0 Å². The van der Waals surface area contributed by atoms with E-state index in [1.54, 1.807) is 18.2 Å². The first-order valence-corrected chi connectivity index (χ1v) is 8.60. The smallest absolute Gasteiger partial charge is 0.273 e. The summed E-state index contributed by atoms with van der Waals surface area (Å²) in [5.74, 6) is -0.578. The Kier molecular flexibility index (Phi) is 4.07. The fraction of sp³-hybridized carbons (Fsp3) is 0.250. The second-order valence-electron chi connectivity index (χ2n) is 6.75. The standard InChI is InChI=1S/C20H18N2O5/c1-27-17-10-13(22(25)26)9-16-14-3-2-4-15(14)18(21-19(16)17)11-5-7-12(8-6-11)20(23)24/h2-3,5-10,14-15,18,21H,4H2,1H3,(H,23,24)/p-1/t14-,15+,18-/m0/s1. The van der Waals surface area contributed by atoms with Gasteiger partial charge in [-0.05, 0) is 29.0 Å². The molecule has 2 aromatic rings. The molecule has 2 aromatic carbocycles. The molecule has 0 saturated carbocycles. The highest BCUT2D eigenvalue weighted by Gasteiger charge is 2.40. The number of benzene rings is 2. The molecule has 3 atom stereocenters. The van der Waals surface area contributed by atoms with Crippen LogP contribution in [0.1, 0.15) is 39.9 Å². The Morgan fingerprint density at radius 2 is 2.00 bits per heavy atom. The van der Waals surface area contributed by atoms with Gasteiger partial charge in [-0.3, -0.25) is 10.1 Å². The van der Waals surface area contributed by atoms with Crippen LogP contribution in [0.15, 0.2) is 48.6 Å².